The predicted octanol–water partition coefficient (Wildman–Crippen LogP) is 2.59. The first kappa shape index (κ1) is 16.4. The van der Waals surface area contributed by atoms with E-state index in [1.165, 1.54) is 0 Å². The highest BCUT2D eigenvalue weighted by atomic mass is 16.6. The Morgan fingerprint density at radius 3 is 2.62 bits per heavy atom. The molecule has 24 heavy (non-hydrogen) atoms. The van der Waals surface area contributed by atoms with Gasteiger partial charge in [-0.1, -0.05) is 0 Å². The molecular formula is C17H22N4O3. The average molecular weight is 330 g/mol. The lowest BCUT2D eigenvalue weighted by atomic mass is 9.90. The molecule has 2 heterocycles. The zero-order chi connectivity index (χ0) is 17.3. The van der Waals surface area contributed by atoms with Gasteiger partial charge in [-0.2, -0.15) is 0 Å². The van der Waals surface area contributed by atoms with Crippen molar-refractivity contribution in [2.75, 3.05) is 18.0 Å². The molecule has 1 unspecified atom stereocenters. The number of nitro groups is 1. The minimum Gasteiger partial charge on any atom is -0.385 e. The number of piperidine rings is 1. The van der Waals surface area contributed by atoms with E-state index in [0.717, 1.165) is 37.2 Å². The minimum absolute atomic E-state index is 0.122. The van der Waals surface area contributed by atoms with E-state index in [0.29, 0.717) is 5.82 Å². The largest absolute Gasteiger partial charge is 0.385 e. The topological polar surface area (TPSA) is 84.4 Å². The van der Waals surface area contributed by atoms with Crippen molar-refractivity contribution in [2.45, 2.75) is 25.9 Å². The van der Waals surface area contributed by atoms with E-state index in [1.54, 1.807) is 18.3 Å². The zero-order valence-electron chi connectivity index (χ0n) is 13.9. The number of non-ortho nitro benzene ring substituents is 1. The second-order valence-corrected chi connectivity index (χ2v) is 6.39. The first-order valence-corrected chi connectivity index (χ1v) is 8.12. The molecule has 0 aliphatic carbocycles. The van der Waals surface area contributed by atoms with Gasteiger partial charge < -0.3 is 14.6 Å². The Kier molecular flexibility index (Phi) is 4.53. The summed E-state index contributed by atoms with van der Waals surface area (Å²) in [6, 6.07) is 4.99. The molecule has 1 aromatic heterocycles. The third kappa shape index (κ3) is 3.12. The summed E-state index contributed by atoms with van der Waals surface area (Å²) in [4.78, 5) is 17.0. The molecule has 0 bridgehead atoms. The maximum absolute atomic E-state index is 10.9. The summed E-state index contributed by atoms with van der Waals surface area (Å²) in [6.45, 7) is 3.55. The lowest BCUT2D eigenvalue weighted by Gasteiger charge is -2.36. The summed E-state index contributed by atoms with van der Waals surface area (Å²) in [5.74, 6) is 0.890. The molecule has 0 spiro atoms. The van der Waals surface area contributed by atoms with Gasteiger partial charge in [0.2, 0.25) is 0 Å². The van der Waals surface area contributed by atoms with E-state index in [1.807, 2.05) is 30.8 Å². The lowest BCUT2D eigenvalue weighted by Crippen LogP contribution is -2.36. The number of aliphatic hydroxyl groups is 1. The van der Waals surface area contributed by atoms with Crippen molar-refractivity contribution in [2.24, 2.45) is 13.0 Å². The van der Waals surface area contributed by atoms with Gasteiger partial charge in [0.15, 0.2) is 0 Å². The number of rotatable bonds is 4. The van der Waals surface area contributed by atoms with E-state index in [2.05, 4.69) is 9.88 Å². The van der Waals surface area contributed by atoms with E-state index >= 15 is 0 Å². The zero-order valence-corrected chi connectivity index (χ0v) is 13.9. The van der Waals surface area contributed by atoms with Gasteiger partial charge in [-0.3, -0.25) is 10.1 Å². The van der Waals surface area contributed by atoms with Crippen molar-refractivity contribution in [1.29, 1.82) is 0 Å². The first-order chi connectivity index (χ1) is 11.5. The van der Waals surface area contributed by atoms with Gasteiger partial charge in [0, 0.05) is 50.4 Å². The molecule has 1 N–H and O–H groups in total. The molecule has 0 amide bonds. The van der Waals surface area contributed by atoms with Crippen LogP contribution in [0.4, 0.5) is 11.4 Å². The number of imidazole rings is 1. The molecule has 2 aromatic rings. The predicted molar refractivity (Wildman–Crippen MR) is 90.9 cm³/mol. The van der Waals surface area contributed by atoms with Crippen LogP contribution in [0.1, 0.15) is 30.3 Å². The number of hydrogen-bond donors (Lipinski definition) is 1. The molecule has 0 saturated carbocycles. The van der Waals surface area contributed by atoms with Crippen molar-refractivity contribution < 1.29 is 10.0 Å². The van der Waals surface area contributed by atoms with Crippen molar-refractivity contribution in [3.63, 3.8) is 0 Å². The van der Waals surface area contributed by atoms with Crippen molar-refractivity contribution in [1.82, 2.24) is 9.55 Å². The Hall–Kier alpha value is -2.41. The normalized spacial score (nSPS) is 17.0. The standard InChI is InChI=1S/C17H22N4O3/c1-12-11-14(21(23)24)3-4-15(12)20-8-5-13(6-9-20)16(22)17-18-7-10-19(17)2/h3-4,7,10-11,13,16,22H,5-6,8-9H2,1-2H3. The van der Waals surface area contributed by atoms with Crippen LogP contribution in [0, 0.1) is 23.0 Å². The smallest absolute Gasteiger partial charge is 0.269 e. The summed E-state index contributed by atoms with van der Waals surface area (Å²) in [5, 5.41) is 21.4. The Bertz CT molecular complexity index is 735. The highest BCUT2D eigenvalue weighted by molar-refractivity contribution is 5.57. The van der Waals surface area contributed by atoms with Gasteiger partial charge in [-0.05, 0) is 37.3 Å². The summed E-state index contributed by atoms with van der Waals surface area (Å²) < 4.78 is 1.86. The lowest BCUT2D eigenvalue weighted by molar-refractivity contribution is -0.384. The highest BCUT2D eigenvalue weighted by Gasteiger charge is 2.29. The third-order valence-electron chi connectivity index (χ3n) is 4.84. The van der Waals surface area contributed by atoms with E-state index in [-0.39, 0.29) is 16.5 Å². The highest BCUT2D eigenvalue weighted by Crippen LogP contribution is 2.33. The molecule has 0 radical (unpaired) electrons. The van der Waals surface area contributed by atoms with Crippen LogP contribution < -0.4 is 4.90 Å². The number of aryl methyl sites for hydroxylation is 2. The maximum Gasteiger partial charge on any atom is 0.269 e. The molecule has 1 fully saturated rings. The maximum atomic E-state index is 10.9. The Labute approximate surface area is 140 Å². The number of anilines is 1. The van der Waals surface area contributed by atoms with Crippen LogP contribution in [0.2, 0.25) is 0 Å². The van der Waals surface area contributed by atoms with E-state index < -0.39 is 6.10 Å². The van der Waals surface area contributed by atoms with Crippen molar-refractivity contribution >= 4 is 11.4 Å². The molecule has 7 nitrogen and oxygen atoms in total. The van der Waals surface area contributed by atoms with Crippen LogP contribution >= 0.6 is 0 Å². The van der Waals surface area contributed by atoms with Crippen molar-refractivity contribution in [3.05, 3.63) is 52.1 Å². The second-order valence-electron chi connectivity index (χ2n) is 6.39. The van der Waals surface area contributed by atoms with Gasteiger partial charge in [0.1, 0.15) is 11.9 Å². The molecule has 1 aromatic carbocycles. The Morgan fingerprint density at radius 1 is 1.38 bits per heavy atom. The van der Waals surface area contributed by atoms with Gasteiger partial charge in [-0.15, -0.1) is 0 Å². The van der Waals surface area contributed by atoms with E-state index in [4.69, 9.17) is 0 Å². The van der Waals surface area contributed by atoms with Crippen LogP contribution in [0.15, 0.2) is 30.6 Å². The molecule has 3 rings (SSSR count). The molecule has 1 saturated heterocycles. The number of aliphatic hydroxyl groups excluding tert-OH is 1. The quantitative estimate of drug-likeness (QED) is 0.688. The summed E-state index contributed by atoms with van der Waals surface area (Å²) in [6.07, 6.45) is 4.72. The van der Waals surface area contributed by atoms with Gasteiger partial charge >= 0.3 is 0 Å². The Morgan fingerprint density at radius 2 is 2.08 bits per heavy atom. The average Bonchev–Trinajstić information content (AvgIpc) is 3.00. The minimum atomic E-state index is -0.551. The number of nitrogens with zero attached hydrogens (tertiary/aromatic N) is 4. The first-order valence-electron chi connectivity index (χ1n) is 8.12. The molecule has 128 valence electrons. The molecular weight excluding hydrogens is 308 g/mol. The van der Waals surface area contributed by atoms with Crippen LogP contribution in [0.5, 0.6) is 0 Å². The number of benzene rings is 1. The Balaban J connectivity index is 1.67. The van der Waals surface area contributed by atoms with Gasteiger partial charge in [-0.25, -0.2) is 4.98 Å². The molecule has 1 aliphatic heterocycles. The second kappa shape index (κ2) is 6.60. The fourth-order valence-corrected chi connectivity index (χ4v) is 3.44. The van der Waals surface area contributed by atoms with Crippen molar-refractivity contribution in [3.8, 4) is 0 Å². The molecule has 1 aliphatic rings. The van der Waals surface area contributed by atoms with Gasteiger partial charge in [0.25, 0.3) is 5.69 Å². The monoisotopic (exact) mass is 330 g/mol. The summed E-state index contributed by atoms with van der Waals surface area (Å²) >= 11 is 0. The van der Waals surface area contributed by atoms with Crippen LogP contribution in [-0.2, 0) is 7.05 Å². The fraction of sp³-hybridized carbons (Fsp3) is 0.471. The van der Waals surface area contributed by atoms with Crippen LogP contribution in [0.25, 0.3) is 0 Å². The summed E-state index contributed by atoms with van der Waals surface area (Å²) in [7, 11) is 1.89. The number of aromatic nitrogens is 2. The SMILES string of the molecule is Cc1cc([N+](=O)[O-])ccc1N1CCC(C(O)c2nccn2C)CC1. The van der Waals surface area contributed by atoms with Crippen LogP contribution in [0.3, 0.4) is 0 Å². The number of nitro benzene ring substituents is 1. The van der Waals surface area contributed by atoms with Crippen LogP contribution in [-0.4, -0.2) is 32.7 Å². The molecule has 7 heteroatoms. The molecule has 1 atom stereocenters. The third-order valence-corrected chi connectivity index (χ3v) is 4.84. The number of hydrogen-bond acceptors (Lipinski definition) is 5. The summed E-state index contributed by atoms with van der Waals surface area (Å²) in [5.41, 5.74) is 2.06. The fourth-order valence-electron chi connectivity index (χ4n) is 3.44. The van der Waals surface area contributed by atoms with E-state index in [9.17, 15) is 15.2 Å². The van der Waals surface area contributed by atoms with Gasteiger partial charge in [0.05, 0.1) is 4.92 Å².